The largest absolute Gasteiger partial charge is 0.310 e. The average molecular weight is 745 g/mol. The maximum Gasteiger partial charge on any atom is 0.0562 e. The Labute approximate surface area is 335 Å². The van der Waals surface area contributed by atoms with Gasteiger partial charge in [0, 0.05) is 53.7 Å². The van der Waals surface area contributed by atoms with Gasteiger partial charge in [0.25, 0.3) is 0 Å². The molecule has 0 amide bonds. The molecule has 9 aromatic carbocycles. The van der Waals surface area contributed by atoms with E-state index in [0.717, 1.165) is 28.3 Å². The minimum atomic E-state index is 1.10. The van der Waals surface area contributed by atoms with Crippen LogP contribution in [0.15, 0.2) is 218 Å². The van der Waals surface area contributed by atoms with Crippen molar-refractivity contribution in [1.82, 2.24) is 4.57 Å². The molecule has 11 aromatic rings. The van der Waals surface area contributed by atoms with Gasteiger partial charge in [-0.25, -0.2) is 0 Å². The zero-order chi connectivity index (χ0) is 37.7. The number of rotatable bonds is 7. The van der Waals surface area contributed by atoms with Gasteiger partial charge in [0.15, 0.2) is 0 Å². The Hall–Kier alpha value is -7.20. The first-order valence-electron chi connectivity index (χ1n) is 19.4. The van der Waals surface area contributed by atoms with E-state index in [1.165, 1.54) is 69.8 Å². The lowest BCUT2D eigenvalue weighted by atomic mass is 9.92. The van der Waals surface area contributed by atoms with E-state index in [1.54, 1.807) is 0 Å². The second-order valence-electron chi connectivity index (χ2n) is 14.5. The number of hydrogen-bond donors (Lipinski definition) is 0. The highest BCUT2D eigenvalue weighted by Crippen LogP contribution is 2.46. The van der Waals surface area contributed by atoms with Crippen LogP contribution in [0.4, 0.5) is 17.1 Å². The van der Waals surface area contributed by atoms with E-state index < -0.39 is 0 Å². The summed E-state index contributed by atoms with van der Waals surface area (Å²) in [4.78, 5) is 2.42. The van der Waals surface area contributed by atoms with Crippen molar-refractivity contribution >= 4 is 70.4 Å². The van der Waals surface area contributed by atoms with Crippen LogP contribution in [0, 0.1) is 0 Å². The number of fused-ring (bicyclic) bond motifs is 6. The van der Waals surface area contributed by atoms with Crippen molar-refractivity contribution in [2.75, 3.05) is 4.90 Å². The summed E-state index contributed by atoms with van der Waals surface area (Å²) < 4.78 is 5.02. The second-order valence-corrected chi connectivity index (χ2v) is 15.6. The minimum Gasteiger partial charge on any atom is -0.310 e. The van der Waals surface area contributed by atoms with Crippen LogP contribution in [-0.2, 0) is 0 Å². The van der Waals surface area contributed by atoms with Crippen LogP contribution in [0.2, 0.25) is 0 Å². The van der Waals surface area contributed by atoms with Crippen molar-refractivity contribution in [2.45, 2.75) is 0 Å². The van der Waals surface area contributed by atoms with Crippen LogP contribution in [-0.4, -0.2) is 4.57 Å². The third-order valence-electron chi connectivity index (χ3n) is 11.2. The SMILES string of the molecule is c1ccc(-c2cccc(N(c3ccc4c(c3)sc3ccccc34)c3ccc4c5c(-c6ccccc6-c6ccccc6)cccc5n(-c5ccccc5)c4c3)c2)cc1. The number of nitrogens with zero attached hydrogens (tertiary/aromatic N) is 2. The van der Waals surface area contributed by atoms with Crippen LogP contribution >= 0.6 is 11.3 Å². The molecule has 0 saturated heterocycles. The highest BCUT2D eigenvalue weighted by molar-refractivity contribution is 7.25. The molecule has 0 fully saturated rings. The summed E-state index contributed by atoms with van der Waals surface area (Å²) in [6.45, 7) is 0. The Balaban J connectivity index is 1.17. The summed E-state index contributed by atoms with van der Waals surface area (Å²) in [6.07, 6.45) is 0. The molecule has 3 heteroatoms. The van der Waals surface area contributed by atoms with Crippen molar-refractivity contribution in [2.24, 2.45) is 0 Å². The monoisotopic (exact) mass is 744 g/mol. The normalized spacial score (nSPS) is 11.5. The van der Waals surface area contributed by atoms with Crippen molar-refractivity contribution in [3.8, 4) is 39.1 Å². The molecule has 0 unspecified atom stereocenters. The van der Waals surface area contributed by atoms with Gasteiger partial charge in [0.1, 0.15) is 0 Å². The Bertz CT molecular complexity index is 3230. The fourth-order valence-electron chi connectivity index (χ4n) is 8.62. The van der Waals surface area contributed by atoms with Crippen LogP contribution in [0.1, 0.15) is 0 Å². The lowest BCUT2D eigenvalue weighted by Crippen LogP contribution is -2.10. The Morgan fingerprint density at radius 1 is 0.333 bits per heavy atom. The van der Waals surface area contributed by atoms with Gasteiger partial charge < -0.3 is 9.47 Å². The van der Waals surface area contributed by atoms with E-state index in [0.29, 0.717) is 0 Å². The fourth-order valence-corrected chi connectivity index (χ4v) is 9.76. The fraction of sp³-hybridized carbons (Fsp3) is 0. The molecule has 0 spiro atoms. The zero-order valence-electron chi connectivity index (χ0n) is 31.1. The summed E-state index contributed by atoms with van der Waals surface area (Å²) >= 11 is 1.86. The van der Waals surface area contributed by atoms with Gasteiger partial charge >= 0.3 is 0 Å². The Morgan fingerprint density at radius 2 is 0.912 bits per heavy atom. The first kappa shape index (κ1) is 33.2. The van der Waals surface area contributed by atoms with Crippen molar-refractivity contribution < 1.29 is 0 Å². The van der Waals surface area contributed by atoms with Crippen LogP contribution in [0.25, 0.3) is 81.0 Å². The van der Waals surface area contributed by atoms with Gasteiger partial charge in [-0.15, -0.1) is 11.3 Å². The topological polar surface area (TPSA) is 8.17 Å². The predicted molar refractivity (Wildman–Crippen MR) is 245 cm³/mol. The molecule has 0 aliphatic rings. The molecule has 57 heavy (non-hydrogen) atoms. The molecule has 268 valence electrons. The second kappa shape index (κ2) is 13.8. The summed E-state index contributed by atoms with van der Waals surface area (Å²) in [5.74, 6) is 0. The molecule has 11 rings (SSSR count). The molecular weight excluding hydrogens is 709 g/mol. The maximum absolute atomic E-state index is 2.44. The van der Waals surface area contributed by atoms with Gasteiger partial charge in [-0.3, -0.25) is 0 Å². The number of para-hydroxylation sites is 1. The lowest BCUT2D eigenvalue weighted by Gasteiger charge is -2.26. The predicted octanol–water partition coefficient (Wildman–Crippen LogP) is 15.6. The smallest absolute Gasteiger partial charge is 0.0562 e. The molecule has 0 atom stereocenters. The molecule has 0 aliphatic carbocycles. The molecule has 0 N–H and O–H groups in total. The van der Waals surface area contributed by atoms with E-state index in [4.69, 9.17) is 0 Å². The van der Waals surface area contributed by atoms with Crippen molar-refractivity contribution in [3.05, 3.63) is 218 Å². The standard InChI is InChI=1S/C54H36N2S/c1-4-16-37(17-5-1)39-20-14-23-41(34-39)55(43-30-32-47-46-26-12-13-29-52(46)57-53(47)36-43)42-31-33-49-51(35-42)56(40-21-8-3-9-22-40)50-28-15-27-48(54(49)50)45-25-11-10-24-44(45)38-18-6-2-7-19-38/h1-36H. The molecule has 0 bridgehead atoms. The van der Waals surface area contributed by atoms with Gasteiger partial charge in [-0.1, -0.05) is 158 Å². The summed E-state index contributed by atoms with van der Waals surface area (Å²) in [5, 5.41) is 5.06. The highest BCUT2D eigenvalue weighted by Gasteiger charge is 2.21. The average Bonchev–Trinajstić information content (AvgIpc) is 3.83. The summed E-state index contributed by atoms with van der Waals surface area (Å²) in [6, 6.07) is 79.4. The van der Waals surface area contributed by atoms with Crippen molar-refractivity contribution in [1.29, 1.82) is 0 Å². The molecular formula is C54H36N2S. The number of anilines is 3. The first-order valence-corrected chi connectivity index (χ1v) is 20.2. The molecule has 2 aromatic heterocycles. The number of hydrogen-bond acceptors (Lipinski definition) is 2. The van der Waals surface area contributed by atoms with Gasteiger partial charge in [0.2, 0.25) is 0 Å². The van der Waals surface area contributed by atoms with Crippen LogP contribution < -0.4 is 4.90 Å². The molecule has 0 radical (unpaired) electrons. The van der Waals surface area contributed by atoms with Gasteiger partial charge in [-0.05, 0) is 94.0 Å². The third kappa shape index (κ3) is 5.71. The van der Waals surface area contributed by atoms with E-state index in [-0.39, 0.29) is 0 Å². The third-order valence-corrected chi connectivity index (χ3v) is 12.3. The summed E-state index contributed by atoms with van der Waals surface area (Å²) in [7, 11) is 0. The molecule has 0 aliphatic heterocycles. The number of aromatic nitrogens is 1. The minimum absolute atomic E-state index is 1.10. The molecule has 2 heterocycles. The first-order chi connectivity index (χ1) is 28.3. The zero-order valence-corrected chi connectivity index (χ0v) is 31.9. The van der Waals surface area contributed by atoms with Crippen LogP contribution in [0.3, 0.4) is 0 Å². The number of thiophene rings is 1. The van der Waals surface area contributed by atoms with E-state index in [2.05, 4.69) is 228 Å². The van der Waals surface area contributed by atoms with Gasteiger partial charge in [-0.2, -0.15) is 0 Å². The Morgan fingerprint density at radius 3 is 1.72 bits per heavy atom. The van der Waals surface area contributed by atoms with E-state index >= 15 is 0 Å². The van der Waals surface area contributed by atoms with Gasteiger partial charge in [0.05, 0.1) is 11.0 Å². The van der Waals surface area contributed by atoms with E-state index in [9.17, 15) is 0 Å². The lowest BCUT2D eigenvalue weighted by molar-refractivity contribution is 1.18. The molecule has 2 nitrogen and oxygen atoms in total. The summed E-state index contributed by atoms with van der Waals surface area (Å²) in [5.41, 5.74) is 14.1. The highest BCUT2D eigenvalue weighted by atomic mass is 32.1. The number of benzene rings is 9. The van der Waals surface area contributed by atoms with Crippen molar-refractivity contribution in [3.63, 3.8) is 0 Å². The Kier molecular flexibility index (Phi) is 8.04. The molecule has 0 saturated carbocycles. The quantitative estimate of drug-likeness (QED) is 0.158. The van der Waals surface area contributed by atoms with E-state index in [1.807, 2.05) is 11.3 Å². The maximum atomic E-state index is 2.44. The van der Waals surface area contributed by atoms with Crippen LogP contribution in [0.5, 0.6) is 0 Å².